The molecule has 3 heteroatoms. The molecule has 1 N–H and O–H groups in total. The molecule has 0 atom stereocenters. The molecule has 0 radical (unpaired) electrons. The monoisotopic (exact) mass is 183 g/mol. The first-order valence-corrected chi connectivity index (χ1v) is 5.22. The first-order chi connectivity index (χ1) is 6.29. The van der Waals surface area contributed by atoms with E-state index in [-0.39, 0.29) is 0 Å². The van der Waals surface area contributed by atoms with E-state index in [1.54, 1.807) is 0 Å². The van der Waals surface area contributed by atoms with Crippen LogP contribution in [-0.2, 0) is 0 Å². The summed E-state index contributed by atoms with van der Waals surface area (Å²) >= 11 is 0. The highest BCUT2D eigenvalue weighted by Crippen LogP contribution is 1.92. The topological polar surface area (TPSA) is 27.6 Å². The lowest BCUT2D eigenvalue weighted by atomic mass is 10.2. The van der Waals surface area contributed by atoms with Gasteiger partial charge < -0.3 is 5.32 Å². The van der Waals surface area contributed by atoms with Crippen LogP contribution in [0.15, 0.2) is 4.99 Å². The van der Waals surface area contributed by atoms with Crippen LogP contribution in [0.5, 0.6) is 0 Å². The molecule has 0 aliphatic carbocycles. The number of rotatable bonds is 4. The lowest BCUT2D eigenvalue weighted by Crippen LogP contribution is -2.44. The Balaban J connectivity index is 2.04. The fourth-order valence-electron chi connectivity index (χ4n) is 1.42. The normalized spacial score (nSPS) is 20.2. The maximum absolute atomic E-state index is 4.38. The summed E-state index contributed by atoms with van der Waals surface area (Å²) < 4.78 is 0. The summed E-state index contributed by atoms with van der Waals surface area (Å²) in [5, 5.41) is 3.34. The summed E-state index contributed by atoms with van der Waals surface area (Å²) in [6, 6.07) is 0. The minimum Gasteiger partial charge on any atom is -0.314 e. The van der Waals surface area contributed by atoms with E-state index < -0.39 is 0 Å². The molecule has 0 aromatic heterocycles. The maximum Gasteiger partial charge on any atom is 0.0513 e. The van der Waals surface area contributed by atoms with Gasteiger partial charge in [-0.2, -0.15) is 0 Å². The summed E-state index contributed by atoms with van der Waals surface area (Å²) in [7, 11) is 0. The molecule has 1 fully saturated rings. The first kappa shape index (κ1) is 10.7. The number of hydrogen-bond donors (Lipinski definition) is 1. The van der Waals surface area contributed by atoms with E-state index in [1.807, 2.05) is 6.21 Å². The van der Waals surface area contributed by atoms with Crippen molar-refractivity contribution in [3.05, 3.63) is 0 Å². The van der Waals surface area contributed by atoms with Gasteiger partial charge in [-0.05, 0) is 5.92 Å². The van der Waals surface area contributed by atoms with E-state index in [9.17, 15) is 0 Å². The third-order valence-electron chi connectivity index (χ3n) is 2.16. The summed E-state index contributed by atoms with van der Waals surface area (Å²) in [4.78, 5) is 6.84. The van der Waals surface area contributed by atoms with Crippen molar-refractivity contribution in [2.24, 2.45) is 10.9 Å². The van der Waals surface area contributed by atoms with Gasteiger partial charge in [0.05, 0.1) is 6.54 Å². The quantitative estimate of drug-likeness (QED) is 0.647. The lowest BCUT2D eigenvalue weighted by molar-refractivity contribution is 0.247. The van der Waals surface area contributed by atoms with Crippen molar-refractivity contribution < 1.29 is 0 Å². The van der Waals surface area contributed by atoms with Crippen molar-refractivity contribution in [3.8, 4) is 0 Å². The Hall–Kier alpha value is -0.410. The first-order valence-electron chi connectivity index (χ1n) is 5.22. The number of aliphatic imine (C=N–C) groups is 1. The molecule has 0 bridgehead atoms. The zero-order valence-electron chi connectivity index (χ0n) is 8.79. The zero-order valence-corrected chi connectivity index (χ0v) is 8.79. The predicted molar refractivity (Wildman–Crippen MR) is 57.5 cm³/mol. The van der Waals surface area contributed by atoms with Gasteiger partial charge >= 0.3 is 0 Å². The molecule has 0 spiro atoms. The van der Waals surface area contributed by atoms with Gasteiger partial charge in [-0.25, -0.2) is 0 Å². The summed E-state index contributed by atoms with van der Waals surface area (Å²) in [5.41, 5.74) is 0. The van der Waals surface area contributed by atoms with E-state index in [0.29, 0.717) is 5.92 Å². The summed E-state index contributed by atoms with van der Waals surface area (Å²) in [6.07, 6.45) is 2.04. The minimum atomic E-state index is 0.586. The average Bonchev–Trinajstić information content (AvgIpc) is 2.14. The molecular formula is C10H21N3. The Morgan fingerprint density at radius 2 is 2.08 bits per heavy atom. The number of nitrogens with one attached hydrogen (secondary N) is 1. The summed E-state index contributed by atoms with van der Waals surface area (Å²) in [6.45, 7) is 11.0. The molecule has 3 nitrogen and oxygen atoms in total. The van der Waals surface area contributed by atoms with Crippen LogP contribution in [0.3, 0.4) is 0 Å². The molecule has 0 unspecified atom stereocenters. The van der Waals surface area contributed by atoms with Crippen molar-refractivity contribution in [1.29, 1.82) is 0 Å². The van der Waals surface area contributed by atoms with E-state index in [0.717, 1.165) is 26.2 Å². The molecule has 1 aliphatic heterocycles. The highest BCUT2D eigenvalue weighted by Gasteiger charge is 2.07. The molecule has 1 heterocycles. The fraction of sp³-hybridized carbons (Fsp3) is 0.900. The van der Waals surface area contributed by atoms with Gasteiger partial charge in [-0.3, -0.25) is 9.89 Å². The molecular weight excluding hydrogens is 162 g/mol. The Labute approximate surface area is 81.2 Å². The van der Waals surface area contributed by atoms with Crippen molar-refractivity contribution in [2.45, 2.75) is 13.8 Å². The van der Waals surface area contributed by atoms with E-state index >= 15 is 0 Å². The SMILES string of the molecule is CC(C)C=NCCN1CCNCC1. The van der Waals surface area contributed by atoms with Crippen LogP contribution < -0.4 is 5.32 Å². The van der Waals surface area contributed by atoms with Crippen LogP contribution in [0.4, 0.5) is 0 Å². The van der Waals surface area contributed by atoms with Gasteiger partial charge in [0.2, 0.25) is 0 Å². The van der Waals surface area contributed by atoms with Crippen LogP contribution in [0.1, 0.15) is 13.8 Å². The predicted octanol–water partition coefficient (Wildman–Crippen LogP) is 0.618. The van der Waals surface area contributed by atoms with Crippen molar-refractivity contribution >= 4 is 6.21 Å². The highest BCUT2D eigenvalue weighted by atomic mass is 15.2. The third-order valence-corrected chi connectivity index (χ3v) is 2.16. The number of hydrogen-bond acceptors (Lipinski definition) is 3. The second-order valence-electron chi connectivity index (χ2n) is 3.89. The molecule has 1 rings (SSSR count). The second-order valence-corrected chi connectivity index (χ2v) is 3.89. The van der Waals surface area contributed by atoms with Gasteiger partial charge in [0.1, 0.15) is 0 Å². The van der Waals surface area contributed by atoms with E-state index in [2.05, 4.69) is 29.1 Å². The van der Waals surface area contributed by atoms with Crippen molar-refractivity contribution in [1.82, 2.24) is 10.2 Å². The molecule has 1 saturated heterocycles. The van der Waals surface area contributed by atoms with Gasteiger partial charge in [-0.1, -0.05) is 13.8 Å². The van der Waals surface area contributed by atoms with Crippen LogP contribution >= 0.6 is 0 Å². The van der Waals surface area contributed by atoms with Gasteiger partial charge in [0.15, 0.2) is 0 Å². The third kappa shape index (κ3) is 5.01. The van der Waals surface area contributed by atoms with Crippen molar-refractivity contribution in [2.75, 3.05) is 39.3 Å². The number of nitrogens with zero attached hydrogens (tertiary/aromatic N) is 2. The molecule has 1 aliphatic rings. The second kappa shape index (κ2) is 6.11. The van der Waals surface area contributed by atoms with Gasteiger partial charge in [-0.15, -0.1) is 0 Å². The van der Waals surface area contributed by atoms with Crippen molar-refractivity contribution in [3.63, 3.8) is 0 Å². The van der Waals surface area contributed by atoms with Crippen LogP contribution in [0, 0.1) is 5.92 Å². The molecule has 76 valence electrons. The molecule has 13 heavy (non-hydrogen) atoms. The van der Waals surface area contributed by atoms with Gasteiger partial charge in [0, 0.05) is 38.9 Å². The Morgan fingerprint density at radius 1 is 1.38 bits per heavy atom. The molecule has 0 aromatic carbocycles. The fourth-order valence-corrected chi connectivity index (χ4v) is 1.42. The maximum atomic E-state index is 4.38. The minimum absolute atomic E-state index is 0.586. The van der Waals surface area contributed by atoms with Crippen LogP contribution in [-0.4, -0.2) is 50.4 Å². The average molecular weight is 183 g/mol. The number of piperazine rings is 1. The van der Waals surface area contributed by atoms with Gasteiger partial charge in [0.25, 0.3) is 0 Å². The smallest absolute Gasteiger partial charge is 0.0513 e. The molecule has 0 amide bonds. The highest BCUT2D eigenvalue weighted by molar-refractivity contribution is 5.59. The molecule has 0 saturated carbocycles. The standard InChI is InChI=1S/C10H21N3/c1-10(2)9-12-5-8-13-6-3-11-4-7-13/h9-11H,3-8H2,1-2H3. The Morgan fingerprint density at radius 3 is 2.69 bits per heavy atom. The van der Waals surface area contributed by atoms with Crippen LogP contribution in [0.25, 0.3) is 0 Å². The van der Waals surface area contributed by atoms with Crippen LogP contribution in [0.2, 0.25) is 0 Å². The Kier molecular flexibility index (Phi) is 5.01. The molecule has 0 aromatic rings. The van der Waals surface area contributed by atoms with E-state index in [4.69, 9.17) is 0 Å². The Bertz CT molecular complexity index is 148. The summed E-state index contributed by atoms with van der Waals surface area (Å²) in [5.74, 6) is 0.586. The zero-order chi connectivity index (χ0) is 9.52. The lowest BCUT2D eigenvalue weighted by Gasteiger charge is -2.26. The van der Waals surface area contributed by atoms with E-state index in [1.165, 1.54) is 13.1 Å². The largest absolute Gasteiger partial charge is 0.314 e.